The Morgan fingerprint density at radius 3 is 2.97 bits per heavy atom. The van der Waals surface area contributed by atoms with Crippen LogP contribution in [0.2, 0.25) is 0 Å². The monoisotopic (exact) mass is 412 g/mol. The second-order valence-electron chi connectivity index (χ2n) is 6.51. The van der Waals surface area contributed by atoms with E-state index < -0.39 is 0 Å². The van der Waals surface area contributed by atoms with Gasteiger partial charge in [0.15, 0.2) is 22.3 Å². The van der Waals surface area contributed by atoms with E-state index in [4.69, 9.17) is 9.47 Å². The summed E-state index contributed by atoms with van der Waals surface area (Å²) in [5.74, 6) is 1.37. The molecule has 29 heavy (non-hydrogen) atoms. The molecule has 1 aliphatic rings. The summed E-state index contributed by atoms with van der Waals surface area (Å²) in [6.45, 7) is 4.45. The SMILES string of the molecule is CCn1c(SCC(=O)N[C@H](C)c2ccc3c(c2)OCO3)nc2ncccc2c1=O. The van der Waals surface area contributed by atoms with Crippen molar-refractivity contribution in [3.05, 3.63) is 52.4 Å². The van der Waals surface area contributed by atoms with Crippen LogP contribution in [-0.4, -0.2) is 33.0 Å². The normalized spacial score (nSPS) is 13.4. The van der Waals surface area contributed by atoms with Crippen LogP contribution >= 0.6 is 11.8 Å². The van der Waals surface area contributed by atoms with Gasteiger partial charge in [0.1, 0.15) is 0 Å². The second-order valence-corrected chi connectivity index (χ2v) is 7.45. The molecule has 0 saturated carbocycles. The maximum absolute atomic E-state index is 12.6. The van der Waals surface area contributed by atoms with E-state index in [9.17, 15) is 9.59 Å². The number of thioether (sulfide) groups is 1. The predicted molar refractivity (Wildman–Crippen MR) is 109 cm³/mol. The van der Waals surface area contributed by atoms with Crippen LogP contribution in [0.15, 0.2) is 46.5 Å². The number of carbonyl (C=O) groups excluding carboxylic acids is 1. The number of nitrogens with one attached hydrogen (secondary N) is 1. The van der Waals surface area contributed by atoms with Crippen LogP contribution in [-0.2, 0) is 11.3 Å². The highest BCUT2D eigenvalue weighted by atomic mass is 32.2. The second kappa shape index (κ2) is 8.12. The summed E-state index contributed by atoms with van der Waals surface area (Å²) in [6.07, 6.45) is 1.60. The van der Waals surface area contributed by atoms with Crippen molar-refractivity contribution in [2.45, 2.75) is 31.6 Å². The first-order valence-corrected chi connectivity index (χ1v) is 10.2. The molecule has 0 spiro atoms. The average Bonchev–Trinajstić information content (AvgIpc) is 3.20. The Kier molecular flexibility index (Phi) is 5.39. The third-order valence-corrected chi connectivity index (χ3v) is 5.59. The van der Waals surface area contributed by atoms with Crippen LogP contribution in [0.4, 0.5) is 0 Å². The van der Waals surface area contributed by atoms with E-state index in [0.717, 1.165) is 5.56 Å². The highest BCUT2D eigenvalue weighted by Gasteiger charge is 2.18. The number of hydrogen-bond acceptors (Lipinski definition) is 7. The molecule has 1 N–H and O–H groups in total. The van der Waals surface area contributed by atoms with Crippen LogP contribution in [0.3, 0.4) is 0 Å². The Morgan fingerprint density at radius 2 is 2.14 bits per heavy atom. The molecule has 0 radical (unpaired) electrons. The maximum Gasteiger partial charge on any atom is 0.263 e. The molecule has 0 saturated heterocycles. The molecule has 9 heteroatoms. The van der Waals surface area contributed by atoms with Crippen LogP contribution in [0.5, 0.6) is 11.5 Å². The summed E-state index contributed by atoms with van der Waals surface area (Å²) in [6, 6.07) is 8.82. The Morgan fingerprint density at radius 1 is 1.31 bits per heavy atom. The Bertz CT molecular complexity index is 1130. The number of amides is 1. The van der Waals surface area contributed by atoms with Crippen molar-refractivity contribution in [2.24, 2.45) is 0 Å². The first kappa shape index (κ1) is 19.3. The summed E-state index contributed by atoms with van der Waals surface area (Å²) in [5.41, 5.74) is 1.16. The largest absolute Gasteiger partial charge is 0.454 e. The first-order valence-electron chi connectivity index (χ1n) is 9.24. The van der Waals surface area contributed by atoms with Crippen LogP contribution in [0.1, 0.15) is 25.5 Å². The Balaban J connectivity index is 1.45. The topological polar surface area (TPSA) is 95.3 Å². The highest BCUT2D eigenvalue weighted by Crippen LogP contribution is 2.34. The smallest absolute Gasteiger partial charge is 0.263 e. The number of rotatable bonds is 6. The van der Waals surface area contributed by atoms with E-state index in [0.29, 0.717) is 34.2 Å². The summed E-state index contributed by atoms with van der Waals surface area (Å²) >= 11 is 1.22. The van der Waals surface area contributed by atoms with Gasteiger partial charge < -0.3 is 14.8 Å². The Labute approximate surface area is 171 Å². The lowest BCUT2D eigenvalue weighted by Gasteiger charge is -2.15. The van der Waals surface area contributed by atoms with Crippen LogP contribution in [0, 0.1) is 0 Å². The van der Waals surface area contributed by atoms with Crippen molar-refractivity contribution in [2.75, 3.05) is 12.5 Å². The first-order chi connectivity index (χ1) is 14.1. The Hall–Kier alpha value is -3.07. The molecule has 1 aromatic carbocycles. The lowest BCUT2D eigenvalue weighted by molar-refractivity contribution is -0.119. The van der Waals surface area contributed by atoms with E-state index in [2.05, 4.69) is 15.3 Å². The number of fused-ring (bicyclic) bond motifs is 2. The molecular weight excluding hydrogens is 392 g/mol. The number of hydrogen-bond donors (Lipinski definition) is 1. The summed E-state index contributed by atoms with van der Waals surface area (Å²) in [4.78, 5) is 33.7. The van der Waals surface area contributed by atoms with Crippen molar-refractivity contribution in [3.63, 3.8) is 0 Å². The molecule has 2 aromatic heterocycles. The number of pyridine rings is 1. The molecule has 150 valence electrons. The summed E-state index contributed by atoms with van der Waals surface area (Å²) in [7, 11) is 0. The maximum atomic E-state index is 12.6. The molecular formula is C20H20N4O4S. The van der Waals surface area contributed by atoms with E-state index in [1.54, 1.807) is 22.9 Å². The third kappa shape index (κ3) is 3.91. The minimum Gasteiger partial charge on any atom is -0.454 e. The number of nitrogens with zero attached hydrogens (tertiary/aromatic N) is 3. The number of benzene rings is 1. The zero-order chi connectivity index (χ0) is 20.4. The van der Waals surface area contributed by atoms with Gasteiger partial charge in [0.25, 0.3) is 5.56 Å². The zero-order valence-electron chi connectivity index (χ0n) is 16.0. The van der Waals surface area contributed by atoms with Crippen molar-refractivity contribution < 1.29 is 14.3 Å². The molecule has 3 heterocycles. The highest BCUT2D eigenvalue weighted by molar-refractivity contribution is 7.99. The molecule has 0 fully saturated rings. The van der Waals surface area contributed by atoms with E-state index in [1.807, 2.05) is 32.0 Å². The van der Waals surface area contributed by atoms with Gasteiger partial charge >= 0.3 is 0 Å². The summed E-state index contributed by atoms with van der Waals surface area (Å²) in [5, 5.41) is 3.91. The predicted octanol–water partition coefficient (Wildman–Crippen LogP) is 2.51. The minimum absolute atomic E-state index is 0.139. The molecule has 3 aromatic rings. The van der Waals surface area contributed by atoms with Gasteiger partial charge in [0, 0.05) is 12.7 Å². The number of carbonyl (C=O) groups is 1. The van der Waals surface area contributed by atoms with Gasteiger partial charge in [0.2, 0.25) is 12.7 Å². The summed E-state index contributed by atoms with van der Waals surface area (Å²) < 4.78 is 12.3. The van der Waals surface area contributed by atoms with Gasteiger partial charge in [-0.1, -0.05) is 17.8 Å². The molecule has 1 amide bonds. The number of ether oxygens (including phenoxy) is 2. The fourth-order valence-electron chi connectivity index (χ4n) is 3.10. The molecule has 8 nitrogen and oxygen atoms in total. The van der Waals surface area contributed by atoms with Crippen molar-refractivity contribution >= 4 is 28.7 Å². The van der Waals surface area contributed by atoms with Gasteiger partial charge in [-0.25, -0.2) is 9.97 Å². The fraction of sp³-hybridized carbons (Fsp3) is 0.300. The minimum atomic E-state index is -0.197. The molecule has 4 rings (SSSR count). The lowest BCUT2D eigenvalue weighted by atomic mass is 10.1. The fourth-order valence-corrected chi connectivity index (χ4v) is 3.97. The third-order valence-electron chi connectivity index (χ3n) is 4.62. The quantitative estimate of drug-likeness (QED) is 0.491. The average molecular weight is 412 g/mol. The van der Waals surface area contributed by atoms with Gasteiger partial charge in [-0.05, 0) is 43.7 Å². The van der Waals surface area contributed by atoms with Crippen molar-refractivity contribution in [3.8, 4) is 11.5 Å². The molecule has 0 unspecified atom stereocenters. The lowest BCUT2D eigenvalue weighted by Crippen LogP contribution is -2.29. The number of aromatic nitrogens is 3. The molecule has 1 atom stereocenters. The van der Waals surface area contributed by atoms with Gasteiger partial charge in [-0.15, -0.1) is 0 Å². The van der Waals surface area contributed by atoms with Crippen molar-refractivity contribution in [1.82, 2.24) is 19.9 Å². The van der Waals surface area contributed by atoms with Gasteiger partial charge in [0.05, 0.1) is 17.2 Å². The van der Waals surface area contributed by atoms with E-state index >= 15 is 0 Å². The van der Waals surface area contributed by atoms with E-state index in [1.165, 1.54) is 11.8 Å². The molecule has 1 aliphatic heterocycles. The van der Waals surface area contributed by atoms with Gasteiger partial charge in [-0.2, -0.15) is 0 Å². The molecule has 0 bridgehead atoms. The van der Waals surface area contributed by atoms with Crippen LogP contribution < -0.4 is 20.3 Å². The standard InChI is InChI=1S/C20H20N4O4S/c1-3-24-19(26)14-5-4-8-21-18(14)23-20(24)29-10-17(25)22-12(2)13-6-7-15-16(9-13)28-11-27-15/h4-9,12H,3,10-11H2,1-2H3,(H,22,25)/t12-/m1/s1. The van der Waals surface area contributed by atoms with E-state index in [-0.39, 0.29) is 30.1 Å². The van der Waals surface area contributed by atoms with Gasteiger partial charge in [-0.3, -0.25) is 14.2 Å². The molecule has 0 aliphatic carbocycles. The van der Waals surface area contributed by atoms with Crippen molar-refractivity contribution in [1.29, 1.82) is 0 Å². The zero-order valence-corrected chi connectivity index (χ0v) is 16.9. The van der Waals surface area contributed by atoms with Crippen LogP contribution in [0.25, 0.3) is 11.0 Å².